The summed E-state index contributed by atoms with van der Waals surface area (Å²) >= 11 is 5.90. The van der Waals surface area contributed by atoms with Gasteiger partial charge < -0.3 is 10.6 Å². The Morgan fingerprint density at radius 3 is 2.43 bits per heavy atom. The van der Waals surface area contributed by atoms with E-state index < -0.39 is 5.82 Å². The van der Waals surface area contributed by atoms with Crippen LogP contribution in [0.15, 0.2) is 48.5 Å². The molecule has 0 aromatic heterocycles. The molecule has 2 aromatic rings. The molecule has 1 aliphatic rings. The minimum absolute atomic E-state index is 0.186. The molecule has 0 bridgehead atoms. The molecule has 0 aliphatic heterocycles. The summed E-state index contributed by atoms with van der Waals surface area (Å²) in [6, 6.07) is 13.4. The topological polar surface area (TPSA) is 41.1 Å². The second-order valence-electron chi connectivity index (χ2n) is 6.00. The van der Waals surface area contributed by atoms with Crippen molar-refractivity contribution in [1.82, 2.24) is 5.32 Å². The number of hydrogen-bond donors (Lipinski definition) is 2. The van der Waals surface area contributed by atoms with Gasteiger partial charge in [-0.3, -0.25) is 0 Å². The SMILES string of the molecule is O=C(Nc1ccccc1F)NC1(Cc2ccc(Cl)cc2)CCC1. The molecule has 0 radical (unpaired) electrons. The van der Waals surface area contributed by atoms with Crippen molar-refractivity contribution in [2.24, 2.45) is 0 Å². The van der Waals surface area contributed by atoms with Crippen molar-refractivity contribution in [3.8, 4) is 0 Å². The highest BCUT2D eigenvalue weighted by molar-refractivity contribution is 6.30. The van der Waals surface area contributed by atoms with Gasteiger partial charge >= 0.3 is 6.03 Å². The van der Waals surface area contributed by atoms with E-state index in [1.54, 1.807) is 18.2 Å². The fourth-order valence-electron chi connectivity index (χ4n) is 2.90. The Bertz CT molecular complexity index is 698. The third-order valence-electron chi connectivity index (χ3n) is 4.27. The number of halogens is 2. The third-order valence-corrected chi connectivity index (χ3v) is 4.52. The largest absolute Gasteiger partial charge is 0.332 e. The molecule has 23 heavy (non-hydrogen) atoms. The highest BCUT2D eigenvalue weighted by Gasteiger charge is 2.38. The number of carbonyl (C=O) groups is 1. The first kappa shape index (κ1) is 15.8. The molecule has 0 atom stereocenters. The van der Waals surface area contributed by atoms with E-state index in [1.165, 1.54) is 6.07 Å². The van der Waals surface area contributed by atoms with Gasteiger partial charge in [-0.15, -0.1) is 0 Å². The fraction of sp³-hybridized carbons (Fsp3) is 0.278. The summed E-state index contributed by atoms with van der Waals surface area (Å²) in [5, 5.41) is 6.30. The predicted octanol–water partition coefficient (Wildman–Crippen LogP) is 4.77. The minimum atomic E-state index is -0.442. The molecule has 1 fully saturated rings. The van der Waals surface area contributed by atoms with Gasteiger partial charge in [-0.1, -0.05) is 35.9 Å². The van der Waals surface area contributed by atoms with E-state index in [0.717, 1.165) is 31.2 Å². The lowest BCUT2D eigenvalue weighted by Crippen LogP contribution is -2.56. The molecule has 0 spiro atoms. The van der Waals surface area contributed by atoms with Crippen LogP contribution in [0.3, 0.4) is 0 Å². The van der Waals surface area contributed by atoms with E-state index in [1.807, 2.05) is 24.3 Å². The minimum Gasteiger partial charge on any atom is -0.332 e. The Labute approximate surface area is 139 Å². The number of rotatable bonds is 4. The average Bonchev–Trinajstić information content (AvgIpc) is 2.49. The van der Waals surface area contributed by atoms with Gasteiger partial charge in [-0.25, -0.2) is 9.18 Å². The van der Waals surface area contributed by atoms with Crippen molar-refractivity contribution in [2.45, 2.75) is 31.2 Å². The van der Waals surface area contributed by atoms with E-state index in [-0.39, 0.29) is 17.3 Å². The Hall–Kier alpha value is -2.07. The molecule has 0 saturated heterocycles. The van der Waals surface area contributed by atoms with Crippen LogP contribution in [0.4, 0.5) is 14.9 Å². The average molecular weight is 333 g/mol. The zero-order chi connectivity index (χ0) is 16.3. The van der Waals surface area contributed by atoms with Crippen LogP contribution >= 0.6 is 11.6 Å². The van der Waals surface area contributed by atoms with Crippen molar-refractivity contribution in [1.29, 1.82) is 0 Å². The lowest BCUT2D eigenvalue weighted by Gasteiger charge is -2.42. The maximum absolute atomic E-state index is 13.6. The molecule has 0 heterocycles. The monoisotopic (exact) mass is 332 g/mol. The first-order chi connectivity index (χ1) is 11.1. The van der Waals surface area contributed by atoms with Gasteiger partial charge in [0.05, 0.1) is 5.69 Å². The van der Waals surface area contributed by atoms with Crippen LogP contribution in [0, 0.1) is 5.82 Å². The predicted molar refractivity (Wildman–Crippen MR) is 90.3 cm³/mol. The summed E-state index contributed by atoms with van der Waals surface area (Å²) in [6.07, 6.45) is 3.66. The molecular weight excluding hydrogens is 315 g/mol. The van der Waals surface area contributed by atoms with Crippen molar-refractivity contribution in [3.63, 3.8) is 0 Å². The Balaban J connectivity index is 1.65. The van der Waals surface area contributed by atoms with Gasteiger partial charge in [0.15, 0.2) is 0 Å². The second kappa shape index (κ2) is 6.59. The van der Waals surface area contributed by atoms with E-state index in [4.69, 9.17) is 11.6 Å². The highest BCUT2D eigenvalue weighted by Crippen LogP contribution is 2.35. The summed E-state index contributed by atoms with van der Waals surface area (Å²) < 4.78 is 13.6. The summed E-state index contributed by atoms with van der Waals surface area (Å²) in [6.45, 7) is 0. The molecule has 2 aromatic carbocycles. The van der Waals surface area contributed by atoms with Crippen LogP contribution in [-0.2, 0) is 6.42 Å². The van der Waals surface area contributed by atoms with Crippen LogP contribution in [0.2, 0.25) is 5.02 Å². The number of carbonyl (C=O) groups excluding carboxylic acids is 1. The van der Waals surface area contributed by atoms with E-state index in [9.17, 15) is 9.18 Å². The number of anilines is 1. The molecular formula is C18H18ClFN2O. The molecule has 5 heteroatoms. The van der Waals surface area contributed by atoms with Gasteiger partial charge in [-0.2, -0.15) is 0 Å². The van der Waals surface area contributed by atoms with Gasteiger partial charge in [0.25, 0.3) is 0 Å². The standard InChI is InChI=1S/C18H18ClFN2O/c19-14-8-6-13(7-9-14)12-18(10-3-11-18)22-17(23)21-16-5-2-1-4-15(16)20/h1-2,4-9H,3,10-12H2,(H2,21,22,23). The lowest BCUT2D eigenvalue weighted by molar-refractivity contribution is 0.183. The van der Waals surface area contributed by atoms with Crippen molar-refractivity contribution in [2.75, 3.05) is 5.32 Å². The van der Waals surface area contributed by atoms with Crippen molar-refractivity contribution in [3.05, 3.63) is 64.9 Å². The Kier molecular flexibility index (Phi) is 4.53. The van der Waals surface area contributed by atoms with Gasteiger partial charge in [-0.05, 0) is 55.5 Å². The summed E-state index contributed by atoms with van der Waals surface area (Å²) in [4.78, 5) is 12.2. The number of amides is 2. The summed E-state index contributed by atoms with van der Waals surface area (Å²) in [5.74, 6) is -0.442. The van der Waals surface area contributed by atoms with Gasteiger partial charge in [0.2, 0.25) is 0 Å². The third kappa shape index (κ3) is 3.82. The molecule has 3 nitrogen and oxygen atoms in total. The van der Waals surface area contributed by atoms with Crippen LogP contribution < -0.4 is 10.6 Å². The zero-order valence-electron chi connectivity index (χ0n) is 12.6. The molecule has 2 N–H and O–H groups in total. The zero-order valence-corrected chi connectivity index (χ0v) is 13.4. The summed E-state index contributed by atoms with van der Waals surface area (Å²) in [5.41, 5.74) is 1.05. The maximum Gasteiger partial charge on any atom is 0.319 e. The van der Waals surface area contributed by atoms with E-state index >= 15 is 0 Å². The van der Waals surface area contributed by atoms with Crippen LogP contribution in [0.1, 0.15) is 24.8 Å². The molecule has 0 unspecified atom stereocenters. The smallest absolute Gasteiger partial charge is 0.319 e. The Morgan fingerprint density at radius 2 is 1.83 bits per heavy atom. The molecule has 1 aliphatic carbocycles. The number of benzene rings is 2. The Morgan fingerprint density at radius 1 is 1.13 bits per heavy atom. The van der Waals surface area contributed by atoms with Gasteiger partial charge in [0.1, 0.15) is 5.82 Å². The number of nitrogens with one attached hydrogen (secondary N) is 2. The van der Waals surface area contributed by atoms with Crippen LogP contribution in [0.25, 0.3) is 0 Å². The number of urea groups is 1. The first-order valence-electron chi connectivity index (χ1n) is 7.65. The molecule has 2 amide bonds. The van der Waals surface area contributed by atoms with Crippen molar-refractivity contribution < 1.29 is 9.18 Å². The first-order valence-corrected chi connectivity index (χ1v) is 8.02. The molecule has 120 valence electrons. The van der Waals surface area contributed by atoms with Crippen molar-refractivity contribution >= 4 is 23.3 Å². The van der Waals surface area contributed by atoms with Gasteiger partial charge in [0, 0.05) is 10.6 Å². The van der Waals surface area contributed by atoms with Crippen LogP contribution in [-0.4, -0.2) is 11.6 Å². The highest BCUT2D eigenvalue weighted by atomic mass is 35.5. The lowest BCUT2D eigenvalue weighted by atomic mass is 9.73. The van der Waals surface area contributed by atoms with E-state index in [0.29, 0.717) is 5.02 Å². The fourth-order valence-corrected chi connectivity index (χ4v) is 3.03. The number of para-hydroxylation sites is 1. The maximum atomic E-state index is 13.6. The molecule has 3 rings (SSSR count). The van der Waals surface area contributed by atoms with Crippen LogP contribution in [0.5, 0.6) is 0 Å². The quantitative estimate of drug-likeness (QED) is 0.832. The summed E-state index contributed by atoms with van der Waals surface area (Å²) in [7, 11) is 0. The normalized spacial score (nSPS) is 15.6. The van der Waals surface area contributed by atoms with E-state index in [2.05, 4.69) is 10.6 Å². The number of hydrogen-bond acceptors (Lipinski definition) is 1. The second-order valence-corrected chi connectivity index (χ2v) is 6.43. The molecule has 1 saturated carbocycles.